The second-order valence-corrected chi connectivity index (χ2v) is 3.56. The number of carbonyl (C=O) groups is 1. The lowest BCUT2D eigenvalue weighted by Crippen LogP contribution is -2.34. The summed E-state index contributed by atoms with van der Waals surface area (Å²) in [5.74, 6) is -0.0664. The Morgan fingerprint density at radius 2 is 2.06 bits per heavy atom. The van der Waals surface area contributed by atoms with Crippen molar-refractivity contribution in [2.24, 2.45) is 5.73 Å². The van der Waals surface area contributed by atoms with E-state index in [1.807, 2.05) is 30.3 Å². The number of benzene rings is 1. The first kappa shape index (κ1) is 12.7. The Bertz CT molecular complexity index is 314. The summed E-state index contributed by atoms with van der Waals surface area (Å²) in [7, 11) is 1.72. The van der Waals surface area contributed by atoms with E-state index in [0.29, 0.717) is 19.8 Å². The molecule has 16 heavy (non-hydrogen) atoms. The minimum Gasteiger partial charge on any atom is -0.375 e. The van der Waals surface area contributed by atoms with Gasteiger partial charge in [-0.3, -0.25) is 4.79 Å². The van der Waals surface area contributed by atoms with Crippen LogP contribution in [-0.2, 0) is 16.1 Å². The topological polar surface area (TPSA) is 55.6 Å². The molecule has 88 valence electrons. The predicted octanol–water partition coefficient (Wildman–Crippen LogP) is 0.620. The molecule has 0 fully saturated rings. The highest BCUT2D eigenvalue weighted by molar-refractivity contribution is 5.77. The number of hydrogen-bond acceptors (Lipinski definition) is 3. The minimum absolute atomic E-state index is 0.0508. The van der Waals surface area contributed by atoms with Gasteiger partial charge >= 0.3 is 0 Å². The zero-order valence-corrected chi connectivity index (χ0v) is 9.56. The van der Waals surface area contributed by atoms with Crippen LogP contribution < -0.4 is 5.73 Å². The van der Waals surface area contributed by atoms with Gasteiger partial charge in [-0.1, -0.05) is 30.3 Å². The van der Waals surface area contributed by atoms with E-state index in [4.69, 9.17) is 10.5 Å². The Morgan fingerprint density at radius 1 is 1.38 bits per heavy atom. The van der Waals surface area contributed by atoms with Crippen molar-refractivity contribution in [2.75, 3.05) is 26.7 Å². The molecule has 0 saturated carbocycles. The van der Waals surface area contributed by atoms with Crippen molar-refractivity contribution in [3.8, 4) is 0 Å². The van der Waals surface area contributed by atoms with Crippen LogP contribution >= 0.6 is 0 Å². The maximum Gasteiger partial charge on any atom is 0.236 e. The monoisotopic (exact) mass is 222 g/mol. The van der Waals surface area contributed by atoms with Gasteiger partial charge in [0.15, 0.2) is 0 Å². The maximum atomic E-state index is 11.1. The number of carbonyl (C=O) groups excluding carboxylic acids is 1. The summed E-state index contributed by atoms with van der Waals surface area (Å²) in [4.78, 5) is 12.7. The molecule has 0 aliphatic carbocycles. The van der Waals surface area contributed by atoms with Crippen molar-refractivity contribution in [3.63, 3.8) is 0 Å². The molecule has 0 saturated heterocycles. The van der Waals surface area contributed by atoms with E-state index >= 15 is 0 Å². The van der Waals surface area contributed by atoms with E-state index in [0.717, 1.165) is 5.56 Å². The summed E-state index contributed by atoms with van der Waals surface area (Å²) in [6, 6.07) is 9.94. The number of nitrogens with zero attached hydrogens (tertiary/aromatic N) is 1. The molecule has 1 aromatic rings. The molecule has 0 heterocycles. The molecule has 0 atom stereocenters. The average molecular weight is 222 g/mol. The molecule has 0 bridgehead atoms. The molecule has 0 spiro atoms. The van der Waals surface area contributed by atoms with Crippen molar-refractivity contribution in [1.82, 2.24) is 4.90 Å². The quantitative estimate of drug-likeness (QED) is 0.718. The summed E-state index contributed by atoms with van der Waals surface area (Å²) < 4.78 is 5.45. The molecular weight excluding hydrogens is 204 g/mol. The second-order valence-electron chi connectivity index (χ2n) is 3.56. The van der Waals surface area contributed by atoms with Crippen LogP contribution in [0, 0.1) is 0 Å². The number of nitrogens with two attached hydrogens (primary N) is 1. The van der Waals surface area contributed by atoms with Crippen molar-refractivity contribution in [3.05, 3.63) is 35.9 Å². The molecule has 0 aliphatic heterocycles. The number of hydrogen-bond donors (Lipinski definition) is 1. The molecule has 0 radical (unpaired) electrons. The smallest absolute Gasteiger partial charge is 0.236 e. The van der Waals surface area contributed by atoms with E-state index in [-0.39, 0.29) is 12.5 Å². The number of ether oxygens (including phenoxy) is 1. The van der Waals surface area contributed by atoms with Crippen LogP contribution in [0.4, 0.5) is 0 Å². The summed E-state index contributed by atoms with van der Waals surface area (Å²) in [6.07, 6.45) is 0. The highest BCUT2D eigenvalue weighted by Gasteiger charge is 2.04. The van der Waals surface area contributed by atoms with Crippen LogP contribution in [0.2, 0.25) is 0 Å². The SMILES string of the molecule is CN(CCOCc1ccccc1)C(=O)CN. The van der Waals surface area contributed by atoms with Gasteiger partial charge in [0.25, 0.3) is 0 Å². The lowest BCUT2D eigenvalue weighted by molar-refractivity contribution is -0.129. The van der Waals surface area contributed by atoms with Gasteiger partial charge in [-0.2, -0.15) is 0 Å². The van der Waals surface area contributed by atoms with Gasteiger partial charge in [-0.05, 0) is 5.56 Å². The summed E-state index contributed by atoms with van der Waals surface area (Å²) in [6.45, 7) is 1.72. The molecule has 0 aliphatic rings. The maximum absolute atomic E-state index is 11.1. The van der Waals surface area contributed by atoms with Gasteiger partial charge in [0.2, 0.25) is 5.91 Å². The van der Waals surface area contributed by atoms with E-state index < -0.39 is 0 Å². The van der Waals surface area contributed by atoms with E-state index in [2.05, 4.69) is 0 Å². The highest BCUT2D eigenvalue weighted by atomic mass is 16.5. The third-order valence-corrected chi connectivity index (χ3v) is 2.28. The van der Waals surface area contributed by atoms with Crippen molar-refractivity contribution >= 4 is 5.91 Å². The fraction of sp³-hybridized carbons (Fsp3) is 0.417. The first-order valence-corrected chi connectivity index (χ1v) is 5.29. The van der Waals surface area contributed by atoms with E-state index in [1.165, 1.54) is 0 Å². The molecular formula is C12H18N2O2. The van der Waals surface area contributed by atoms with Crippen LogP contribution in [0.3, 0.4) is 0 Å². The fourth-order valence-electron chi connectivity index (χ4n) is 1.25. The van der Waals surface area contributed by atoms with Gasteiger partial charge in [-0.25, -0.2) is 0 Å². The van der Waals surface area contributed by atoms with Gasteiger partial charge < -0.3 is 15.4 Å². The van der Waals surface area contributed by atoms with Crippen LogP contribution in [0.1, 0.15) is 5.56 Å². The molecule has 1 aromatic carbocycles. The predicted molar refractivity (Wildman–Crippen MR) is 62.8 cm³/mol. The second kappa shape index (κ2) is 6.98. The van der Waals surface area contributed by atoms with Crippen molar-refractivity contribution < 1.29 is 9.53 Å². The summed E-state index contributed by atoms with van der Waals surface area (Å²) in [5, 5.41) is 0. The molecule has 1 amide bonds. The molecule has 2 N–H and O–H groups in total. The Balaban J connectivity index is 2.15. The lowest BCUT2D eigenvalue weighted by atomic mass is 10.2. The van der Waals surface area contributed by atoms with Gasteiger partial charge in [0.1, 0.15) is 0 Å². The molecule has 1 rings (SSSR count). The third-order valence-electron chi connectivity index (χ3n) is 2.28. The molecule has 0 aromatic heterocycles. The Kier molecular flexibility index (Phi) is 5.53. The van der Waals surface area contributed by atoms with Crippen molar-refractivity contribution in [1.29, 1.82) is 0 Å². The number of amides is 1. The Morgan fingerprint density at radius 3 is 2.69 bits per heavy atom. The zero-order valence-electron chi connectivity index (χ0n) is 9.56. The number of likely N-dealkylation sites (N-methyl/N-ethyl adjacent to an activating group) is 1. The summed E-state index contributed by atoms with van der Waals surface area (Å²) >= 11 is 0. The summed E-state index contributed by atoms with van der Waals surface area (Å²) in [5.41, 5.74) is 6.37. The minimum atomic E-state index is -0.0664. The highest BCUT2D eigenvalue weighted by Crippen LogP contribution is 2.00. The normalized spacial score (nSPS) is 10.1. The van der Waals surface area contributed by atoms with Gasteiger partial charge in [0, 0.05) is 13.6 Å². The van der Waals surface area contributed by atoms with Crippen LogP contribution in [-0.4, -0.2) is 37.6 Å². The fourth-order valence-corrected chi connectivity index (χ4v) is 1.25. The third kappa shape index (κ3) is 4.42. The first-order valence-electron chi connectivity index (χ1n) is 5.29. The first-order chi connectivity index (χ1) is 7.74. The van der Waals surface area contributed by atoms with Crippen LogP contribution in [0.15, 0.2) is 30.3 Å². The van der Waals surface area contributed by atoms with E-state index in [1.54, 1.807) is 11.9 Å². The Labute approximate surface area is 96.0 Å². The zero-order chi connectivity index (χ0) is 11.8. The molecule has 4 heteroatoms. The Hall–Kier alpha value is -1.39. The van der Waals surface area contributed by atoms with Gasteiger partial charge in [0.05, 0.1) is 19.8 Å². The van der Waals surface area contributed by atoms with Crippen LogP contribution in [0.25, 0.3) is 0 Å². The van der Waals surface area contributed by atoms with Crippen LogP contribution in [0.5, 0.6) is 0 Å². The van der Waals surface area contributed by atoms with E-state index in [9.17, 15) is 4.79 Å². The lowest BCUT2D eigenvalue weighted by Gasteiger charge is -2.15. The average Bonchev–Trinajstić information content (AvgIpc) is 2.34. The molecule has 4 nitrogen and oxygen atoms in total. The van der Waals surface area contributed by atoms with Gasteiger partial charge in [-0.15, -0.1) is 0 Å². The molecule has 0 unspecified atom stereocenters. The standard InChI is InChI=1S/C12H18N2O2/c1-14(12(15)9-13)7-8-16-10-11-5-3-2-4-6-11/h2-6H,7-10,13H2,1H3. The largest absolute Gasteiger partial charge is 0.375 e. The number of rotatable bonds is 6. The van der Waals surface area contributed by atoms with Crippen molar-refractivity contribution in [2.45, 2.75) is 6.61 Å².